The average Bonchev–Trinajstić information content (AvgIpc) is 3.09. The topological polar surface area (TPSA) is 62.1 Å². The molecule has 9 heteroatoms. The van der Waals surface area contributed by atoms with Crippen molar-refractivity contribution in [3.63, 3.8) is 0 Å². The second-order valence-corrected chi connectivity index (χ2v) is 6.26. The van der Waals surface area contributed by atoms with Crippen molar-refractivity contribution in [2.24, 2.45) is 0 Å². The summed E-state index contributed by atoms with van der Waals surface area (Å²) in [5.41, 5.74) is 1.15. The van der Waals surface area contributed by atoms with Crippen LogP contribution in [0.25, 0.3) is 5.69 Å². The van der Waals surface area contributed by atoms with E-state index in [-0.39, 0.29) is 5.82 Å². The fraction of sp³-hybridized carbons (Fsp3) is 0.188. The maximum Gasteiger partial charge on any atom is 0.214 e. The molecule has 0 atom stereocenters. The summed E-state index contributed by atoms with van der Waals surface area (Å²) in [6, 6.07) is 9.90. The number of halogens is 2. The monoisotopic (exact) mass is 380 g/mol. The average molecular weight is 381 g/mol. The van der Waals surface area contributed by atoms with Crippen molar-refractivity contribution in [3.8, 4) is 17.2 Å². The summed E-state index contributed by atoms with van der Waals surface area (Å²) in [5, 5.41) is 12.6. The summed E-state index contributed by atoms with van der Waals surface area (Å²) in [5.74, 6) is 1.09. The molecule has 0 bridgehead atoms. The van der Waals surface area contributed by atoms with Crippen LogP contribution in [-0.2, 0) is 5.75 Å². The smallest absolute Gasteiger partial charge is 0.214 e. The second kappa shape index (κ2) is 7.71. The van der Waals surface area contributed by atoms with Crippen molar-refractivity contribution in [1.29, 1.82) is 0 Å². The van der Waals surface area contributed by atoms with Gasteiger partial charge in [0.05, 0.1) is 19.2 Å². The Morgan fingerprint density at radius 3 is 2.64 bits per heavy atom. The summed E-state index contributed by atoms with van der Waals surface area (Å²) in [6.07, 6.45) is 0. The molecule has 0 aliphatic heterocycles. The molecule has 3 rings (SSSR count). The Kier molecular flexibility index (Phi) is 5.40. The van der Waals surface area contributed by atoms with Gasteiger partial charge >= 0.3 is 0 Å². The molecule has 25 heavy (non-hydrogen) atoms. The molecule has 0 amide bonds. The largest absolute Gasteiger partial charge is 0.495 e. The predicted octanol–water partition coefficient (Wildman–Crippen LogP) is 3.76. The van der Waals surface area contributed by atoms with E-state index in [1.165, 1.54) is 36.7 Å². The van der Waals surface area contributed by atoms with Crippen molar-refractivity contribution in [2.45, 2.75) is 10.9 Å². The minimum atomic E-state index is -0.264. The van der Waals surface area contributed by atoms with Crippen molar-refractivity contribution < 1.29 is 13.9 Å². The van der Waals surface area contributed by atoms with E-state index >= 15 is 0 Å². The van der Waals surface area contributed by atoms with Crippen LogP contribution in [0.1, 0.15) is 5.56 Å². The molecule has 1 heterocycles. The summed E-state index contributed by atoms with van der Waals surface area (Å²) < 4.78 is 25.9. The Hall–Kier alpha value is -2.32. The van der Waals surface area contributed by atoms with E-state index in [4.69, 9.17) is 21.1 Å². The number of methoxy groups -OCH3 is 2. The van der Waals surface area contributed by atoms with Crippen LogP contribution in [0.2, 0.25) is 5.02 Å². The quantitative estimate of drug-likeness (QED) is 0.607. The summed E-state index contributed by atoms with van der Waals surface area (Å²) in [6.45, 7) is 0. The molecule has 1 aromatic heterocycles. The number of ether oxygens (including phenoxy) is 2. The number of nitrogens with zero attached hydrogens (tertiary/aromatic N) is 4. The molecular formula is C16H14ClFN4O2S. The molecule has 0 saturated carbocycles. The van der Waals surface area contributed by atoms with Crippen molar-refractivity contribution in [3.05, 3.63) is 52.8 Å². The lowest BCUT2D eigenvalue weighted by Gasteiger charge is -2.12. The molecule has 0 spiro atoms. The first-order valence-electron chi connectivity index (χ1n) is 7.20. The zero-order valence-corrected chi connectivity index (χ0v) is 15.0. The van der Waals surface area contributed by atoms with Crippen molar-refractivity contribution in [1.82, 2.24) is 20.2 Å². The summed E-state index contributed by atoms with van der Waals surface area (Å²) in [4.78, 5) is 0. The summed E-state index contributed by atoms with van der Waals surface area (Å²) >= 11 is 7.44. The Balaban J connectivity index is 1.93. The third kappa shape index (κ3) is 3.69. The van der Waals surface area contributed by atoms with Crippen LogP contribution in [0, 0.1) is 5.82 Å². The minimum absolute atomic E-state index is 0.264. The van der Waals surface area contributed by atoms with E-state index in [1.54, 1.807) is 30.3 Å². The van der Waals surface area contributed by atoms with Crippen LogP contribution in [0.4, 0.5) is 4.39 Å². The van der Waals surface area contributed by atoms with Gasteiger partial charge in [-0.1, -0.05) is 41.6 Å². The first kappa shape index (κ1) is 17.5. The molecule has 0 aliphatic rings. The molecule has 130 valence electrons. The van der Waals surface area contributed by atoms with Crippen molar-refractivity contribution >= 4 is 23.4 Å². The van der Waals surface area contributed by atoms with Gasteiger partial charge in [-0.2, -0.15) is 4.68 Å². The van der Waals surface area contributed by atoms with Gasteiger partial charge in [-0.3, -0.25) is 0 Å². The zero-order chi connectivity index (χ0) is 17.8. The van der Waals surface area contributed by atoms with Crippen LogP contribution >= 0.6 is 23.4 Å². The van der Waals surface area contributed by atoms with Gasteiger partial charge in [0.1, 0.15) is 23.0 Å². The van der Waals surface area contributed by atoms with Gasteiger partial charge in [0, 0.05) is 17.9 Å². The van der Waals surface area contributed by atoms with E-state index in [2.05, 4.69) is 15.5 Å². The molecule has 0 N–H and O–H groups in total. The first-order valence-corrected chi connectivity index (χ1v) is 8.57. The fourth-order valence-corrected chi connectivity index (χ4v) is 3.29. The van der Waals surface area contributed by atoms with E-state index in [9.17, 15) is 4.39 Å². The third-order valence-corrected chi connectivity index (χ3v) is 4.70. The van der Waals surface area contributed by atoms with Crippen LogP contribution in [-0.4, -0.2) is 34.4 Å². The van der Waals surface area contributed by atoms with Crippen LogP contribution in [0.15, 0.2) is 41.6 Å². The molecule has 0 unspecified atom stereocenters. The molecule has 6 nitrogen and oxygen atoms in total. The normalized spacial score (nSPS) is 10.7. The number of rotatable bonds is 6. The molecule has 0 saturated heterocycles. The van der Waals surface area contributed by atoms with Gasteiger partial charge in [0.15, 0.2) is 0 Å². The zero-order valence-electron chi connectivity index (χ0n) is 13.4. The third-order valence-electron chi connectivity index (χ3n) is 3.44. The fourth-order valence-electron chi connectivity index (χ4n) is 2.19. The number of aromatic nitrogens is 4. The second-order valence-electron chi connectivity index (χ2n) is 4.91. The van der Waals surface area contributed by atoms with E-state index in [0.717, 1.165) is 0 Å². The molecule has 2 aromatic carbocycles. The Bertz CT molecular complexity index is 890. The van der Waals surface area contributed by atoms with E-state index < -0.39 is 0 Å². The number of hydrogen-bond acceptors (Lipinski definition) is 6. The number of hydrogen-bond donors (Lipinski definition) is 0. The van der Waals surface area contributed by atoms with E-state index in [0.29, 0.717) is 38.7 Å². The molecular weight excluding hydrogens is 367 g/mol. The first-order chi connectivity index (χ1) is 12.1. The van der Waals surface area contributed by atoms with Crippen LogP contribution in [0.3, 0.4) is 0 Å². The van der Waals surface area contributed by atoms with Crippen molar-refractivity contribution in [2.75, 3.05) is 14.2 Å². The molecule has 3 aromatic rings. The standard InChI is InChI=1S/C16H14ClFN4O2S/c1-23-14-8-13(15(24-2)7-11(14)17)22-16(19-20-21-22)25-9-10-5-3-4-6-12(10)18/h3-8H,9H2,1-2H3. The highest BCUT2D eigenvalue weighted by atomic mass is 35.5. The molecule has 0 radical (unpaired) electrons. The Morgan fingerprint density at radius 1 is 1.16 bits per heavy atom. The lowest BCUT2D eigenvalue weighted by atomic mass is 10.2. The van der Waals surface area contributed by atoms with E-state index in [1.807, 2.05) is 0 Å². The number of thioether (sulfide) groups is 1. The Labute approximate surface area is 152 Å². The number of tetrazole rings is 1. The highest BCUT2D eigenvalue weighted by molar-refractivity contribution is 7.98. The molecule has 0 fully saturated rings. The number of benzene rings is 2. The minimum Gasteiger partial charge on any atom is -0.495 e. The van der Waals surface area contributed by atoms with Crippen LogP contribution < -0.4 is 9.47 Å². The lowest BCUT2D eigenvalue weighted by Crippen LogP contribution is -2.03. The van der Waals surface area contributed by atoms with Gasteiger partial charge in [0.25, 0.3) is 0 Å². The SMILES string of the molecule is COc1cc(-n2nnnc2SCc2ccccc2F)c(OC)cc1Cl. The highest BCUT2D eigenvalue weighted by Gasteiger charge is 2.17. The summed E-state index contributed by atoms with van der Waals surface area (Å²) in [7, 11) is 3.04. The van der Waals surface area contributed by atoms with Gasteiger partial charge in [0.2, 0.25) is 5.16 Å². The van der Waals surface area contributed by atoms with Gasteiger partial charge in [-0.05, 0) is 22.1 Å². The molecule has 0 aliphatic carbocycles. The highest BCUT2D eigenvalue weighted by Crippen LogP contribution is 2.36. The Morgan fingerprint density at radius 2 is 1.92 bits per heavy atom. The maximum atomic E-state index is 13.8. The van der Waals surface area contributed by atoms with Gasteiger partial charge < -0.3 is 9.47 Å². The van der Waals surface area contributed by atoms with Gasteiger partial charge in [-0.15, -0.1) is 5.10 Å². The van der Waals surface area contributed by atoms with Crippen LogP contribution in [0.5, 0.6) is 11.5 Å². The van der Waals surface area contributed by atoms with Gasteiger partial charge in [-0.25, -0.2) is 4.39 Å². The lowest BCUT2D eigenvalue weighted by molar-refractivity contribution is 0.399. The predicted molar refractivity (Wildman–Crippen MR) is 93.2 cm³/mol. The maximum absolute atomic E-state index is 13.8.